The zero-order chi connectivity index (χ0) is 12.0. The summed E-state index contributed by atoms with van der Waals surface area (Å²) < 4.78 is 0. The molecule has 1 aromatic carbocycles. The van der Waals surface area contributed by atoms with Gasteiger partial charge in [-0.15, -0.1) is 0 Å². The van der Waals surface area contributed by atoms with Gasteiger partial charge in [-0.2, -0.15) is 0 Å². The number of hydrogen-bond donors (Lipinski definition) is 1. The van der Waals surface area contributed by atoms with Crippen LogP contribution in [0, 0.1) is 13.8 Å². The first kappa shape index (κ1) is 12.6. The Morgan fingerprint density at radius 2 is 2.00 bits per heavy atom. The van der Waals surface area contributed by atoms with Crippen LogP contribution < -0.4 is 5.32 Å². The quantitative estimate of drug-likeness (QED) is 0.752. The van der Waals surface area contributed by atoms with Crippen molar-refractivity contribution in [3.05, 3.63) is 58.8 Å². The maximum atomic E-state index is 3.29. The number of allylic oxidation sites excluding steroid dienone is 3. The Morgan fingerprint density at radius 3 is 2.62 bits per heavy atom. The third-order valence-corrected chi connectivity index (χ3v) is 2.43. The average molecular weight is 215 g/mol. The third-order valence-electron chi connectivity index (χ3n) is 2.43. The van der Waals surface area contributed by atoms with Crippen molar-refractivity contribution in [3.63, 3.8) is 0 Å². The van der Waals surface area contributed by atoms with Crippen molar-refractivity contribution in [3.8, 4) is 0 Å². The zero-order valence-corrected chi connectivity index (χ0v) is 10.7. The lowest BCUT2D eigenvalue weighted by atomic mass is 10.1. The van der Waals surface area contributed by atoms with Crippen LogP contribution in [-0.4, -0.2) is 0 Å². The van der Waals surface area contributed by atoms with Crippen LogP contribution in [0.3, 0.4) is 0 Å². The van der Waals surface area contributed by atoms with Gasteiger partial charge in [0.25, 0.3) is 0 Å². The molecule has 0 spiro atoms. The van der Waals surface area contributed by atoms with Gasteiger partial charge >= 0.3 is 0 Å². The van der Waals surface area contributed by atoms with Crippen molar-refractivity contribution in [2.24, 2.45) is 0 Å². The second-order valence-electron chi connectivity index (χ2n) is 4.41. The third kappa shape index (κ3) is 4.35. The second kappa shape index (κ2) is 6.16. The van der Waals surface area contributed by atoms with Crippen molar-refractivity contribution in [1.29, 1.82) is 0 Å². The van der Waals surface area contributed by atoms with Crippen LogP contribution >= 0.6 is 0 Å². The fourth-order valence-corrected chi connectivity index (χ4v) is 1.52. The van der Waals surface area contributed by atoms with Crippen LogP contribution in [0.1, 0.15) is 30.5 Å². The Morgan fingerprint density at radius 1 is 1.25 bits per heavy atom. The molecule has 1 aromatic rings. The first-order chi connectivity index (χ1) is 7.59. The molecule has 0 aliphatic rings. The summed E-state index contributed by atoms with van der Waals surface area (Å²) in [6, 6.07) is 6.56. The highest BCUT2D eigenvalue weighted by Gasteiger charge is 1.95. The molecule has 0 saturated carbocycles. The lowest BCUT2D eigenvalue weighted by Gasteiger charge is -2.06. The fourth-order valence-electron chi connectivity index (χ4n) is 1.52. The normalized spacial score (nSPS) is 10.5. The number of benzene rings is 1. The zero-order valence-electron chi connectivity index (χ0n) is 10.7. The molecular weight excluding hydrogens is 194 g/mol. The van der Waals surface area contributed by atoms with E-state index in [9.17, 15) is 0 Å². The number of nitrogens with one attached hydrogen (secondary N) is 1. The standard InChI is InChI=1S/C15H21N/c1-12(2)6-5-9-16-11-15-8-7-13(3)10-14(15)4/h5-10,16H,11H2,1-4H3/b9-5-. The minimum atomic E-state index is 0.888. The summed E-state index contributed by atoms with van der Waals surface area (Å²) in [4.78, 5) is 0. The summed E-state index contributed by atoms with van der Waals surface area (Å²) in [5.74, 6) is 0. The highest BCUT2D eigenvalue weighted by atomic mass is 14.8. The highest BCUT2D eigenvalue weighted by molar-refractivity contribution is 5.30. The molecule has 0 saturated heterocycles. The van der Waals surface area contributed by atoms with Gasteiger partial charge in [-0.25, -0.2) is 0 Å². The SMILES string of the molecule is CC(C)=C/C=C\NCc1ccc(C)cc1C. The van der Waals surface area contributed by atoms with Gasteiger partial charge < -0.3 is 5.32 Å². The molecule has 0 bridgehead atoms. The van der Waals surface area contributed by atoms with Crippen LogP contribution in [0.15, 0.2) is 42.1 Å². The highest BCUT2D eigenvalue weighted by Crippen LogP contribution is 2.09. The molecule has 1 nitrogen and oxygen atoms in total. The first-order valence-corrected chi connectivity index (χ1v) is 5.69. The summed E-state index contributed by atoms with van der Waals surface area (Å²) in [5.41, 5.74) is 5.33. The van der Waals surface area contributed by atoms with Gasteiger partial charge in [0.2, 0.25) is 0 Å². The Labute approximate surface area is 98.9 Å². The molecule has 1 N–H and O–H groups in total. The molecule has 0 atom stereocenters. The monoisotopic (exact) mass is 215 g/mol. The van der Waals surface area contributed by atoms with Gasteiger partial charge in [0.05, 0.1) is 0 Å². The van der Waals surface area contributed by atoms with Crippen LogP contribution in [0.2, 0.25) is 0 Å². The van der Waals surface area contributed by atoms with Gasteiger partial charge in [-0.3, -0.25) is 0 Å². The predicted octanol–water partition coefficient (Wildman–Crippen LogP) is 3.87. The minimum Gasteiger partial charge on any atom is -0.387 e. The van der Waals surface area contributed by atoms with Crippen molar-refractivity contribution in [2.75, 3.05) is 0 Å². The van der Waals surface area contributed by atoms with Gasteiger partial charge in [-0.1, -0.05) is 35.4 Å². The van der Waals surface area contributed by atoms with Crippen molar-refractivity contribution >= 4 is 0 Å². The average Bonchev–Trinajstić information content (AvgIpc) is 2.20. The van der Waals surface area contributed by atoms with E-state index in [-0.39, 0.29) is 0 Å². The summed E-state index contributed by atoms with van der Waals surface area (Å²) in [6.45, 7) is 9.35. The fraction of sp³-hybridized carbons (Fsp3) is 0.333. The van der Waals surface area contributed by atoms with Crippen LogP contribution in [0.25, 0.3) is 0 Å². The summed E-state index contributed by atoms with van der Waals surface area (Å²) in [5, 5.41) is 3.29. The molecular formula is C15H21N. The van der Waals surface area contributed by atoms with Crippen LogP contribution in [-0.2, 0) is 6.54 Å². The number of rotatable bonds is 4. The van der Waals surface area contributed by atoms with Crippen LogP contribution in [0.5, 0.6) is 0 Å². The molecule has 0 radical (unpaired) electrons. The lowest BCUT2D eigenvalue weighted by Crippen LogP contribution is -2.05. The molecule has 0 fully saturated rings. The summed E-state index contributed by atoms with van der Waals surface area (Å²) in [6.07, 6.45) is 6.13. The Balaban J connectivity index is 2.49. The van der Waals surface area contributed by atoms with Gasteiger partial charge in [0.1, 0.15) is 0 Å². The Hall–Kier alpha value is -1.50. The second-order valence-corrected chi connectivity index (χ2v) is 4.41. The molecule has 0 aliphatic carbocycles. The molecule has 86 valence electrons. The summed E-state index contributed by atoms with van der Waals surface area (Å²) in [7, 11) is 0. The molecule has 1 heteroatoms. The van der Waals surface area contributed by atoms with Gasteiger partial charge in [0, 0.05) is 6.54 Å². The van der Waals surface area contributed by atoms with Crippen molar-refractivity contribution in [1.82, 2.24) is 5.32 Å². The Bertz CT molecular complexity index is 396. The van der Waals surface area contributed by atoms with E-state index in [4.69, 9.17) is 0 Å². The van der Waals surface area contributed by atoms with E-state index in [1.54, 1.807) is 0 Å². The predicted molar refractivity (Wildman–Crippen MR) is 71.3 cm³/mol. The minimum absolute atomic E-state index is 0.888. The van der Waals surface area contributed by atoms with Crippen molar-refractivity contribution in [2.45, 2.75) is 34.2 Å². The molecule has 0 unspecified atom stereocenters. The van der Waals surface area contributed by atoms with Crippen LogP contribution in [0.4, 0.5) is 0 Å². The number of hydrogen-bond acceptors (Lipinski definition) is 1. The van der Waals surface area contributed by atoms with E-state index in [2.05, 4.69) is 57.3 Å². The lowest BCUT2D eigenvalue weighted by molar-refractivity contribution is 0.861. The maximum absolute atomic E-state index is 3.29. The first-order valence-electron chi connectivity index (χ1n) is 5.69. The molecule has 1 rings (SSSR count). The van der Waals surface area contributed by atoms with Crippen molar-refractivity contribution < 1.29 is 0 Å². The molecule has 0 aliphatic heterocycles. The van der Waals surface area contributed by atoms with Gasteiger partial charge in [0.15, 0.2) is 0 Å². The molecule has 16 heavy (non-hydrogen) atoms. The maximum Gasteiger partial charge on any atom is 0.0397 e. The van der Waals surface area contributed by atoms with E-state index in [0.717, 1.165) is 6.54 Å². The van der Waals surface area contributed by atoms with E-state index in [1.807, 2.05) is 12.3 Å². The largest absolute Gasteiger partial charge is 0.387 e. The molecule has 0 amide bonds. The Kier molecular flexibility index (Phi) is 4.84. The summed E-state index contributed by atoms with van der Waals surface area (Å²) >= 11 is 0. The molecule has 0 heterocycles. The van der Waals surface area contributed by atoms with E-state index in [0.29, 0.717) is 0 Å². The van der Waals surface area contributed by atoms with E-state index in [1.165, 1.54) is 22.3 Å². The molecule has 0 aromatic heterocycles. The van der Waals surface area contributed by atoms with E-state index < -0.39 is 0 Å². The number of aryl methyl sites for hydroxylation is 2. The topological polar surface area (TPSA) is 12.0 Å². The van der Waals surface area contributed by atoms with E-state index >= 15 is 0 Å². The van der Waals surface area contributed by atoms with Gasteiger partial charge in [-0.05, 0) is 51.1 Å². The smallest absolute Gasteiger partial charge is 0.0397 e.